The summed E-state index contributed by atoms with van der Waals surface area (Å²) in [7, 11) is 1.98. The van der Waals surface area contributed by atoms with E-state index in [9.17, 15) is 4.79 Å². The van der Waals surface area contributed by atoms with Gasteiger partial charge in [-0.1, -0.05) is 6.08 Å². The van der Waals surface area contributed by atoms with Crippen LogP contribution in [0.5, 0.6) is 0 Å². The van der Waals surface area contributed by atoms with Crippen molar-refractivity contribution in [3.8, 4) is 0 Å². The van der Waals surface area contributed by atoms with Crippen LogP contribution in [0.4, 0.5) is 0 Å². The van der Waals surface area contributed by atoms with Crippen LogP contribution in [0.15, 0.2) is 12.7 Å². The zero-order chi connectivity index (χ0) is 11.1. The van der Waals surface area contributed by atoms with E-state index in [1.807, 2.05) is 7.05 Å². The highest BCUT2D eigenvalue weighted by Crippen LogP contribution is 2.08. The van der Waals surface area contributed by atoms with Gasteiger partial charge in [-0.25, -0.2) is 0 Å². The highest BCUT2D eigenvalue weighted by molar-refractivity contribution is 5.78. The van der Waals surface area contributed by atoms with E-state index in [0.717, 1.165) is 13.1 Å². The normalized spacial score (nSPS) is 22.3. The third-order valence-electron chi connectivity index (χ3n) is 2.72. The summed E-state index contributed by atoms with van der Waals surface area (Å²) in [5, 5.41) is 6.05. The average molecular weight is 211 g/mol. The van der Waals surface area contributed by atoms with Gasteiger partial charge in [0.25, 0.3) is 0 Å². The minimum atomic E-state index is 0.0895. The number of nitrogens with zero attached hydrogens (tertiary/aromatic N) is 1. The van der Waals surface area contributed by atoms with Crippen LogP contribution in [0.1, 0.15) is 12.8 Å². The Bertz CT molecular complexity index is 218. The lowest BCUT2D eigenvalue weighted by atomic mass is 10.1. The molecule has 1 amide bonds. The minimum absolute atomic E-state index is 0.0895. The third-order valence-corrected chi connectivity index (χ3v) is 2.72. The summed E-state index contributed by atoms with van der Waals surface area (Å²) in [5.41, 5.74) is 0. The first-order valence-electron chi connectivity index (χ1n) is 5.53. The van der Waals surface area contributed by atoms with Crippen molar-refractivity contribution in [2.75, 3.05) is 33.2 Å². The second-order valence-corrected chi connectivity index (χ2v) is 3.96. The molecule has 1 saturated heterocycles. The lowest BCUT2D eigenvalue weighted by molar-refractivity contribution is -0.122. The number of hydrogen-bond donors (Lipinski definition) is 2. The molecule has 86 valence electrons. The monoisotopic (exact) mass is 211 g/mol. The molecule has 2 N–H and O–H groups in total. The van der Waals surface area contributed by atoms with Crippen LogP contribution in [0.2, 0.25) is 0 Å². The lowest BCUT2D eigenvalue weighted by Crippen LogP contribution is -2.47. The van der Waals surface area contributed by atoms with E-state index < -0.39 is 0 Å². The Kier molecular flexibility index (Phi) is 5.36. The van der Waals surface area contributed by atoms with E-state index in [-0.39, 0.29) is 5.91 Å². The second-order valence-electron chi connectivity index (χ2n) is 3.96. The molecule has 0 radical (unpaired) electrons. The number of carbonyl (C=O) groups is 1. The fourth-order valence-electron chi connectivity index (χ4n) is 1.88. The van der Waals surface area contributed by atoms with E-state index in [2.05, 4.69) is 22.1 Å². The number of nitrogens with one attached hydrogen (secondary N) is 2. The van der Waals surface area contributed by atoms with Crippen molar-refractivity contribution < 1.29 is 4.79 Å². The van der Waals surface area contributed by atoms with E-state index in [1.54, 1.807) is 6.08 Å². The molecule has 0 aromatic carbocycles. The Hall–Kier alpha value is -0.870. The molecule has 0 spiro atoms. The maximum Gasteiger partial charge on any atom is 0.234 e. The predicted molar refractivity (Wildman–Crippen MR) is 61.7 cm³/mol. The minimum Gasteiger partial charge on any atom is -0.352 e. The number of amides is 1. The van der Waals surface area contributed by atoms with Gasteiger partial charge in [0.1, 0.15) is 0 Å². The van der Waals surface area contributed by atoms with Crippen LogP contribution >= 0.6 is 0 Å². The van der Waals surface area contributed by atoms with E-state index in [1.165, 1.54) is 12.8 Å². The van der Waals surface area contributed by atoms with Gasteiger partial charge in [-0.15, -0.1) is 6.58 Å². The highest BCUT2D eigenvalue weighted by Gasteiger charge is 2.19. The molecule has 1 atom stereocenters. The molecule has 1 aliphatic heterocycles. The molecule has 0 aromatic rings. The van der Waals surface area contributed by atoms with Crippen LogP contribution in [0.25, 0.3) is 0 Å². The number of carbonyl (C=O) groups excluding carboxylic acids is 1. The van der Waals surface area contributed by atoms with Crippen LogP contribution in [0.3, 0.4) is 0 Å². The molecule has 1 unspecified atom stereocenters. The number of piperidine rings is 1. The van der Waals surface area contributed by atoms with Gasteiger partial charge in [-0.05, 0) is 26.4 Å². The standard InChI is InChI=1S/C11H21N3O/c1-3-6-13-11(15)9-14-7-4-5-10(8-14)12-2/h3,10,12H,1,4-9H2,2H3,(H,13,15). The molecule has 0 bridgehead atoms. The molecule has 1 heterocycles. The smallest absolute Gasteiger partial charge is 0.234 e. The molecule has 15 heavy (non-hydrogen) atoms. The quantitative estimate of drug-likeness (QED) is 0.628. The Balaban J connectivity index is 2.24. The zero-order valence-electron chi connectivity index (χ0n) is 9.46. The summed E-state index contributed by atoms with van der Waals surface area (Å²) in [6.45, 7) is 6.63. The molecule has 0 aliphatic carbocycles. The Morgan fingerprint density at radius 1 is 1.67 bits per heavy atom. The SMILES string of the molecule is C=CCNC(=O)CN1CCCC(NC)C1. The first-order valence-corrected chi connectivity index (χ1v) is 5.53. The zero-order valence-corrected chi connectivity index (χ0v) is 9.46. The maximum absolute atomic E-state index is 11.4. The van der Waals surface area contributed by atoms with Gasteiger partial charge >= 0.3 is 0 Å². The van der Waals surface area contributed by atoms with Gasteiger partial charge in [0.2, 0.25) is 5.91 Å². The predicted octanol–water partition coefficient (Wildman–Crippen LogP) is -0.0276. The van der Waals surface area contributed by atoms with Crippen LogP contribution in [-0.2, 0) is 4.79 Å². The number of likely N-dealkylation sites (tertiary alicyclic amines) is 1. The largest absolute Gasteiger partial charge is 0.352 e. The summed E-state index contributed by atoms with van der Waals surface area (Å²) >= 11 is 0. The van der Waals surface area contributed by atoms with Gasteiger partial charge in [0.05, 0.1) is 6.54 Å². The average Bonchev–Trinajstić information content (AvgIpc) is 2.26. The van der Waals surface area contributed by atoms with E-state index in [4.69, 9.17) is 0 Å². The molecule has 1 aliphatic rings. The highest BCUT2D eigenvalue weighted by atomic mass is 16.2. The van der Waals surface area contributed by atoms with Crippen molar-refractivity contribution in [1.29, 1.82) is 0 Å². The van der Waals surface area contributed by atoms with E-state index in [0.29, 0.717) is 19.1 Å². The van der Waals surface area contributed by atoms with Gasteiger partial charge in [0, 0.05) is 19.1 Å². The lowest BCUT2D eigenvalue weighted by Gasteiger charge is -2.31. The van der Waals surface area contributed by atoms with Gasteiger partial charge < -0.3 is 10.6 Å². The third kappa shape index (κ3) is 4.44. The molecule has 0 aromatic heterocycles. The summed E-state index contributed by atoms with van der Waals surface area (Å²) in [6.07, 6.45) is 4.08. The topological polar surface area (TPSA) is 44.4 Å². The number of likely N-dealkylation sites (N-methyl/N-ethyl adjacent to an activating group) is 1. The fourth-order valence-corrected chi connectivity index (χ4v) is 1.88. The van der Waals surface area contributed by atoms with Gasteiger partial charge in [-0.2, -0.15) is 0 Å². The number of rotatable bonds is 5. The molecular formula is C11H21N3O. The van der Waals surface area contributed by atoms with Crippen LogP contribution in [-0.4, -0.2) is 50.1 Å². The first-order chi connectivity index (χ1) is 7.26. The van der Waals surface area contributed by atoms with Crippen LogP contribution in [0, 0.1) is 0 Å². The van der Waals surface area contributed by atoms with Crippen molar-refractivity contribution in [1.82, 2.24) is 15.5 Å². The van der Waals surface area contributed by atoms with Crippen molar-refractivity contribution in [3.05, 3.63) is 12.7 Å². The Labute approximate surface area is 91.7 Å². The van der Waals surface area contributed by atoms with Crippen molar-refractivity contribution in [3.63, 3.8) is 0 Å². The second kappa shape index (κ2) is 6.58. The van der Waals surface area contributed by atoms with Crippen molar-refractivity contribution in [2.24, 2.45) is 0 Å². The van der Waals surface area contributed by atoms with Crippen molar-refractivity contribution in [2.45, 2.75) is 18.9 Å². The molecule has 1 fully saturated rings. The maximum atomic E-state index is 11.4. The molecule has 4 heteroatoms. The summed E-state index contributed by atoms with van der Waals surface area (Å²) in [5.74, 6) is 0.0895. The summed E-state index contributed by atoms with van der Waals surface area (Å²) < 4.78 is 0. The van der Waals surface area contributed by atoms with E-state index >= 15 is 0 Å². The summed E-state index contributed by atoms with van der Waals surface area (Å²) in [6, 6.07) is 0.533. The molecular weight excluding hydrogens is 190 g/mol. The molecule has 4 nitrogen and oxygen atoms in total. The van der Waals surface area contributed by atoms with Gasteiger partial charge in [-0.3, -0.25) is 9.69 Å². The molecule has 1 rings (SSSR count). The first kappa shape index (κ1) is 12.2. The Morgan fingerprint density at radius 2 is 2.47 bits per heavy atom. The molecule has 0 saturated carbocycles. The van der Waals surface area contributed by atoms with Crippen molar-refractivity contribution >= 4 is 5.91 Å². The Morgan fingerprint density at radius 3 is 3.13 bits per heavy atom. The fraction of sp³-hybridized carbons (Fsp3) is 0.727. The summed E-state index contributed by atoms with van der Waals surface area (Å²) in [4.78, 5) is 13.6. The van der Waals surface area contributed by atoms with Crippen LogP contribution < -0.4 is 10.6 Å². The van der Waals surface area contributed by atoms with Gasteiger partial charge in [0.15, 0.2) is 0 Å². The number of hydrogen-bond acceptors (Lipinski definition) is 3.